The Morgan fingerprint density at radius 1 is 1.39 bits per heavy atom. The summed E-state index contributed by atoms with van der Waals surface area (Å²) in [6.07, 6.45) is 2.28. The number of oxime groups is 1. The molecule has 0 saturated heterocycles. The Balaban J connectivity index is 1.96. The summed E-state index contributed by atoms with van der Waals surface area (Å²) in [6.45, 7) is 9.74. The van der Waals surface area contributed by atoms with Crippen molar-refractivity contribution in [1.29, 1.82) is 0 Å². The quantitative estimate of drug-likeness (QED) is 0.768. The van der Waals surface area contributed by atoms with Gasteiger partial charge in [0, 0.05) is 24.9 Å². The van der Waals surface area contributed by atoms with E-state index in [1.807, 2.05) is 17.0 Å². The maximum absolute atomic E-state index is 12.4. The topological polar surface area (TPSA) is 41.9 Å². The first-order valence-corrected chi connectivity index (χ1v) is 8.57. The summed E-state index contributed by atoms with van der Waals surface area (Å²) in [4.78, 5) is 19.9. The predicted octanol–water partition coefficient (Wildman–Crippen LogP) is 3.77. The largest absolute Gasteiger partial charge is 0.390 e. The molecule has 0 aliphatic carbocycles. The summed E-state index contributed by atoms with van der Waals surface area (Å²) in [5.41, 5.74) is 3.34. The van der Waals surface area contributed by atoms with Crippen LogP contribution in [0, 0.1) is 12.8 Å². The highest BCUT2D eigenvalue weighted by Crippen LogP contribution is 2.20. The number of rotatable bonds is 7. The van der Waals surface area contributed by atoms with Crippen LogP contribution < -0.4 is 0 Å². The molecular weight excluding hydrogens is 288 g/mol. The molecule has 0 N–H and O–H groups in total. The highest BCUT2D eigenvalue weighted by molar-refractivity contribution is 6.02. The molecule has 1 atom stereocenters. The molecule has 2 rings (SSSR count). The lowest BCUT2D eigenvalue weighted by molar-refractivity contribution is -0.133. The summed E-state index contributed by atoms with van der Waals surface area (Å²) >= 11 is 0. The van der Waals surface area contributed by atoms with Crippen molar-refractivity contribution in [3.63, 3.8) is 0 Å². The van der Waals surface area contributed by atoms with Gasteiger partial charge in [-0.05, 0) is 24.8 Å². The molecule has 0 bridgehead atoms. The number of carbonyl (C=O) groups excluding carboxylic acids is 1. The number of hydrogen-bond donors (Lipinski definition) is 0. The molecule has 4 heteroatoms. The fraction of sp³-hybridized carbons (Fsp3) is 0.579. The molecule has 1 unspecified atom stereocenters. The van der Waals surface area contributed by atoms with Crippen molar-refractivity contribution in [2.24, 2.45) is 11.1 Å². The van der Waals surface area contributed by atoms with Crippen LogP contribution >= 0.6 is 0 Å². The van der Waals surface area contributed by atoms with E-state index in [-0.39, 0.29) is 12.0 Å². The van der Waals surface area contributed by atoms with Crippen molar-refractivity contribution >= 4 is 11.6 Å². The third-order valence-electron chi connectivity index (χ3n) is 4.04. The van der Waals surface area contributed by atoms with Gasteiger partial charge in [0.25, 0.3) is 0 Å². The SMILES string of the molecule is CCCN(CC1CC(c2ccccc2C)=NO1)C(=O)CC(C)C. The van der Waals surface area contributed by atoms with Gasteiger partial charge in [-0.3, -0.25) is 4.79 Å². The van der Waals surface area contributed by atoms with E-state index >= 15 is 0 Å². The van der Waals surface area contributed by atoms with E-state index in [2.05, 4.69) is 45.0 Å². The standard InChI is InChI=1S/C19H28N2O2/c1-5-10-21(19(22)11-14(2)3)13-16-12-18(20-23-16)17-9-7-6-8-15(17)4/h6-9,14,16H,5,10-13H2,1-4H3. The van der Waals surface area contributed by atoms with Crippen LogP contribution in [0.1, 0.15) is 51.2 Å². The molecule has 1 aromatic rings. The summed E-state index contributed by atoms with van der Waals surface area (Å²) in [7, 11) is 0. The molecule has 126 valence electrons. The molecule has 1 aliphatic rings. The highest BCUT2D eigenvalue weighted by atomic mass is 16.6. The molecule has 23 heavy (non-hydrogen) atoms. The van der Waals surface area contributed by atoms with Crippen molar-refractivity contribution in [3.05, 3.63) is 35.4 Å². The maximum atomic E-state index is 12.4. The Kier molecular flexibility index (Phi) is 6.20. The van der Waals surface area contributed by atoms with Gasteiger partial charge in [-0.2, -0.15) is 0 Å². The van der Waals surface area contributed by atoms with Gasteiger partial charge >= 0.3 is 0 Å². The number of amides is 1. The van der Waals surface area contributed by atoms with E-state index < -0.39 is 0 Å². The van der Waals surface area contributed by atoms with E-state index in [1.54, 1.807) is 0 Å². The summed E-state index contributed by atoms with van der Waals surface area (Å²) in [5.74, 6) is 0.597. The Morgan fingerprint density at radius 2 is 2.13 bits per heavy atom. The average molecular weight is 316 g/mol. The van der Waals surface area contributed by atoms with E-state index in [1.165, 1.54) is 5.56 Å². The van der Waals surface area contributed by atoms with E-state index in [0.717, 1.165) is 30.7 Å². The maximum Gasteiger partial charge on any atom is 0.222 e. The molecule has 0 fully saturated rings. The normalized spacial score (nSPS) is 17.1. The van der Waals surface area contributed by atoms with Crippen LogP contribution in [0.15, 0.2) is 29.4 Å². The third-order valence-corrected chi connectivity index (χ3v) is 4.04. The minimum absolute atomic E-state index is 0.0349. The smallest absolute Gasteiger partial charge is 0.222 e. The molecule has 0 radical (unpaired) electrons. The molecule has 0 saturated carbocycles. The van der Waals surface area contributed by atoms with Gasteiger partial charge < -0.3 is 9.74 Å². The van der Waals surface area contributed by atoms with Crippen LogP contribution in [0.3, 0.4) is 0 Å². The molecule has 0 aromatic heterocycles. The third kappa shape index (κ3) is 4.81. The second-order valence-electron chi connectivity index (χ2n) is 6.72. The Bertz CT molecular complexity index is 566. The summed E-state index contributed by atoms with van der Waals surface area (Å²) in [5, 5.41) is 4.26. The number of nitrogens with zero attached hydrogens (tertiary/aromatic N) is 2. The lowest BCUT2D eigenvalue weighted by atomic mass is 10.00. The van der Waals surface area contributed by atoms with Gasteiger partial charge in [-0.15, -0.1) is 0 Å². The zero-order chi connectivity index (χ0) is 16.8. The Labute approximate surface area is 139 Å². The predicted molar refractivity (Wildman–Crippen MR) is 93.5 cm³/mol. The number of aryl methyl sites for hydroxylation is 1. The minimum Gasteiger partial charge on any atom is -0.390 e. The molecule has 1 heterocycles. The second-order valence-corrected chi connectivity index (χ2v) is 6.72. The minimum atomic E-state index is -0.0349. The van der Waals surface area contributed by atoms with E-state index in [0.29, 0.717) is 18.9 Å². The van der Waals surface area contributed by atoms with Crippen molar-refractivity contribution in [1.82, 2.24) is 4.90 Å². The van der Waals surface area contributed by atoms with E-state index in [9.17, 15) is 4.79 Å². The number of carbonyl (C=O) groups is 1. The number of hydrogen-bond acceptors (Lipinski definition) is 3. The van der Waals surface area contributed by atoms with Crippen LogP contribution in [-0.4, -0.2) is 35.7 Å². The van der Waals surface area contributed by atoms with Gasteiger partial charge in [0.1, 0.15) is 0 Å². The first kappa shape index (κ1) is 17.5. The van der Waals surface area contributed by atoms with Crippen molar-refractivity contribution in [3.8, 4) is 0 Å². The fourth-order valence-corrected chi connectivity index (χ4v) is 2.89. The van der Waals surface area contributed by atoms with Gasteiger partial charge in [0.15, 0.2) is 6.10 Å². The van der Waals surface area contributed by atoms with Gasteiger partial charge in [-0.1, -0.05) is 50.2 Å². The molecule has 0 spiro atoms. The lowest BCUT2D eigenvalue weighted by Gasteiger charge is -2.25. The van der Waals surface area contributed by atoms with Crippen molar-refractivity contribution in [2.75, 3.05) is 13.1 Å². The van der Waals surface area contributed by atoms with Gasteiger partial charge in [0.2, 0.25) is 5.91 Å². The average Bonchev–Trinajstić information content (AvgIpc) is 2.95. The van der Waals surface area contributed by atoms with Crippen LogP contribution in [-0.2, 0) is 9.63 Å². The van der Waals surface area contributed by atoms with Crippen molar-refractivity contribution in [2.45, 2.75) is 53.1 Å². The van der Waals surface area contributed by atoms with E-state index in [4.69, 9.17) is 4.84 Å². The van der Waals surface area contributed by atoms with Crippen LogP contribution in [0.2, 0.25) is 0 Å². The number of benzene rings is 1. The Morgan fingerprint density at radius 3 is 2.78 bits per heavy atom. The molecule has 1 amide bonds. The van der Waals surface area contributed by atoms with Crippen LogP contribution in [0.5, 0.6) is 0 Å². The lowest BCUT2D eigenvalue weighted by Crippen LogP contribution is -2.38. The Hall–Kier alpha value is -1.84. The van der Waals surface area contributed by atoms with Crippen LogP contribution in [0.25, 0.3) is 0 Å². The molecule has 1 aliphatic heterocycles. The fourth-order valence-electron chi connectivity index (χ4n) is 2.89. The summed E-state index contributed by atoms with van der Waals surface area (Å²) < 4.78 is 0. The molecular formula is C19H28N2O2. The van der Waals surface area contributed by atoms with Gasteiger partial charge in [-0.25, -0.2) is 0 Å². The van der Waals surface area contributed by atoms with Crippen LogP contribution in [0.4, 0.5) is 0 Å². The molecule has 1 aromatic carbocycles. The first-order valence-electron chi connectivity index (χ1n) is 8.57. The van der Waals surface area contributed by atoms with Crippen molar-refractivity contribution < 1.29 is 9.63 Å². The summed E-state index contributed by atoms with van der Waals surface area (Å²) in [6, 6.07) is 8.21. The first-order chi connectivity index (χ1) is 11.0. The molecule has 4 nitrogen and oxygen atoms in total. The monoisotopic (exact) mass is 316 g/mol. The zero-order valence-electron chi connectivity index (χ0n) is 14.7. The second kappa shape index (κ2) is 8.14. The zero-order valence-corrected chi connectivity index (χ0v) is 14.7. The van der Waals surface area contributed by atoms with Gasteiger partial charge in [0.05, 0.1) is 12.3 Å². The highest BCUT2D eigenvalue weighted by Gasteiger charge is 2.27.